The minimum atomic E-state index is 0.194. The molecule has 1 amide bonds. The zero-order chi connectivity index (χ0) is 14.2. The number of likely N-dealkylation sites (N-methyl/N-ethyl adjacent to an activating group) is 1. The van der Waals surface area contributed by atoms with Gasteiger partial charge in [0, 0.05) is 45.3 Å². The number of piperazine rings is 1. The van der Waals surface area contributed by atoms with Gasteiger partial charge in [-0.05, 0) is 19.9 Å². The van der Waals surface area contributed by atoms with Crippen LogP contribution in [-0.4, -0.2) is 74.6 Å². The van der Waals surface area contributed by atoms with Gasteiger partial charge < -0.3 is 10.6 Å². The highest BCUT2D eigenvalue weighted by Crippen LogP contribution is 2.17. The Morgan fingerprint density at radius 3 is 2.65 bits per heavy atom. The lowest BCUT2D eigenvalue weighted by atomic mass is 9.95. The third-order valence-corrected chi connectivity index (χ3v) is 4.39. The number of rotatable bonds is 6. The summed E-state index contributed by atoms with van der Waals surface area (Å²) in [6, 6.07) is 0.429. The third kappa shape index (κ3) is 5.77. The van der Waals surface area contributed by atoms with Gasteiger partial charge in [0.2, 0.25) is 5.91 Å². The summed E-state index contributed by atoms with van der Waals surface area (Å²) in [6.45, 7) is 7.00. The normalized spacial score (nSPS) is 22.1. The Hall–Kier alpha value is -0.650. The second kappa shape index (κ2) is 8.60. The molecule has 0 aromatic carbocycles. The summed E-state index contributed by atoms with van der Waals surface area (Å²) >= 11 is 0. The topological polar surface area (TPSA) is 47.6 Å². The highest BCUT2D eigenvalue weighted by molar-refractivity contribution is 5.78. The molecule has 0 spiro atoms. The molecule has 0 bridgehead atoms. The lowest BCUT2D eigenvalue weighted by Crippen LogP contribution is -2.47. The SMILES string of the molecule is CN(CCN1CCNCC1)CC(=O)NC1CCCCC1. The van der Waals surface area contributed by atoms with Gasteiger partial charge in [-0.3, -0.25) is 14.6 Å². The molecule has 2 aliphatic rings. The van der Waals surface area contributed by atoms with Crippen LogP contribution in [0.3, 0.4) is 0 Å². The van der Waals surface area contributed by atoms with Crippen LogP contribution in [0.5, 0.6) is 0 Å². The van der Waals surface area contributed by atoms with E-state index in [-0.39, 0.29) is 5.91 Å². The zero-order valence-electron chi connectivity index (χ0n) is 12.9. The van der Waals surface area contributed by atoms with E-state index in [1.54, 1.807) is 0 Å². The van der Waals surface area contributed by atoms with E-state index in [2.05, 4.69) is 20.4 Å². The monoisotopic (exact) mass is 282 g/mol. The number of nitrogens with one attached hydrogen (secondary N) is 2. The highest BCUT2D eigenvalue weighted by Gasteiger charge is 2.17. The minimum Gasteiger partial charge on any atom is -0.352 e. The van der Waals surface area contributed by atoms with Gasteiger partial charge in [-0.2, -0.15) is 0 Å². The quantitative estimate of drug-likeness (QED) is 0.734. The first kappa shape index (κ1) is 15.7. The molecule has 0 aromatic rings. The van der Waals surface area contributed by atoms with Crippen molar-refractivity contribution in [3.8, 4) is 0 Å². The fourth-order valence-corrected chi connectivity index (χ4v) is 3.09. The van der Waals surface area contributed by atoms with Gasteiger partial charge in [-0.25, -0.2) is 0 Å². The van der Waals surface area contributed by atoms with E-state index in [4.69, 9.17) is 0 Å². The molecule has 20 heavy (non-hydrogen) atoms. The molecule has 5 heteroatoms. The molecule has 0 aromatic heterocycles. The maximum absolute atomic E-state index is 12.0. The number of nitrogens with zero attached hydrogens (tertiary/aromatic N) is 2. The minimum absolute atomic E-state index is 0.194. The molecule has 2 N–H and O–H groups in total. The zero-order valence-corrected chi connectivity index (χ0v) is 12.9. The molecule has 0 unspecified atom stereocenters. The van der Waals surface area contributed by atoms with E-state index < -0.39 is 0 Å². The van der Waals surface area contributed by atoms with Crippen molar-refractivity contribution in [2.75, 3.05) is 52.9 Å². The van der Waals surface area contributed by atoms with Gasteiger partial charge in [0.15, 0.2) is 0 Å². The summed E-state index contributed by atoms with van der Waals surface area (Å²) in [5.74, 6) is 0.194. The number of hydrogen-bond acceptors (Lipinski definition) is 4. The van der Waals surface area contributed by atoms with Gasteiger partial charge in [0.1, 0.15) is 0 Å². The predicted octanol–water partition coefficient (Wildman–Crippen LogP) is 0.272. The van der Waals surface area contributed by atoms with Crippen LogP contribution in [0.25, 0.3) is 0 Å². The molecule has 0 radical (unpaired) electrons. The number of carbonyl (C=O) groups excluding carboxylic acids is 1. The molecule has 2 fully saturated rings. The molecule has 0 atom stereocenters. The van der Waals surface area contributed by atoms with Crippen LogP contribution in [-0.2, 0) is 4.79 Å². The van der Waals surface area contributed by atoms with Crippen molar-refractivity contribution in [1.82, 2.24) is 20.4 Å². The van der Waals surface area contributed by atoms with Crippen LogP contribution in [0, 0.1) is 0 Å². The summed E-state index contributed by atoms with van der Waals surface area (Å²) in [5, 5.41) is 6.54. The molecule has 2 rings (SSSR count). The molecular weight excluding hydrogens is 252 g/mol. The number of amides is 1. The van der Waals surface area contributed by atoms with Gasteiger partial charge in [0.25, 0.3) is 0 Å². The van der Waals surface area contributed by atoms with Crippen molar-refractivity contribution in [2.24, 2.45) is 0 Å². The van der Waals surface area contributed by atoms with E-state index in [1.807, 2.05) is 7.05 Å². The maximum Gasteiger partial charge on any atom is 0.234 e. The molecule has 1 saturated carbocycles. The van der Waals surface area contributed by atoms with Crippen molar-refractivity contribution in [3.05, 3.63) is 0 Å². The molecule has 1 aliphatic heterocycles. The second-order valence-electron chi connectivity index (χ2n) is 6.23. The number of carbonyl (C=O) groups is 1. The molecule has 1 saturated heterocycles. The maximum atomic E-state index is 12.0. The Kier molecular flexibility index (Phi) is 6.76. The van der Waals surface area contributed by atoms with Gasteiger partial charge in [-0.15, -0.1) is 0 Å². The fraction of sp³-hybridized carbons (Fsp3) is 0.933. The lowest BCUT2D eigenvalue weighted by molar-refractivity contribution is -0.122. The standard InChI is InChI=1S/C15H30N4O/c1-18(11-12-19-9-7-16-8-10-19)13-15(20)17-14-5-3-2-4-6-14/h14,16H,2-13H2,1H3,(H,17,20). The first-order chi connectivity index (χ1) is 9.74. The lowest BCUT2D eigenvalue weighted by Gasteiger charge is -2.29. The average molecular weight is 282 g/mol. The van der Waals surface area contributed by atoms with Gasteiger partial charge in [0.05, 0.1) is 6.54 Å². The van der Waals surface area contributed by atoms with Crippen molar-refractivity contribution < 1.29 is 4.79 Å². The van der Waals surface area contributed by atoms with Crippen molar-refractivity contribution in [2.45, 2.75) is 38.1 Å². The summed E-state index contributed by atoms with van der Waals surface area (Å²) in [7, 11) is 2.04. The van der Waals surface area contributed by atoms with E-state index in [9.17, 15) is 4.79 Å². The summed E-state index contributed by atoms with van der Waals surface area (Å²) in [5.41, 5.74) is 0. The second-order valence-corrected chi connectivity index (χ2v) is 6.23. The van der Waals surface area contributed by atoms with Crippen LogP contribution in [0.2, 0.25) is 0 Å². The first-order valence-corrected chi connectivity index (χ1v) is 8.15. The number of hydrogen-bond donors (Lipinski definition) is 2. The molecule has 1 heterocycles. The van der Waals surface area contributed by atoms with Crippen LogP contribution in [0.1, 0.15) is 32.1 Å². The third-order valence-electron chi connectivity index (χ3n) is 4.39. The largest absolute Gasteiger partial charge is 0.352 e. The Labute approximate surface area is 123 Å². The molecular formula is C15H30N4O. The summed E-state index contributed by atoms with van der Waals surface area (Å²) in [6.07, 6.45) is 6.19. The molecule has 5 nitrogen and oxygen atoms in total. The van der Waals surface area contributed by atoms with Crippen LogP contribution < -0.4 is 10.6 Å². The van der Waals surface area contributed by atoms with Gasteiger partial charge in [-0.1, -0.05) is 19.3 Å². The van der Waals surface area contributed by atoms with Crippen molar-refractivity contribution in [3.63, 3.8) is 0 Å². The van der Waals surface area contributed by atoms with Gasteiger partial charge >= 0.3 is 0 Å². The predicted molar refractivity (Wildman–Crippen MR) is 81.8 cm³/mol. The summed E-state index contributed by atoms with van der Waals surface area (Å²) < 4.78 is 0. The van der Waals surface area contributed by atoms with E-state index in [0.29, 0.717) is 12.6 Å². The Morgan fingerprint density at radius 2 is 1.95 bits per heavy atom. The van der Waals surface area contributed by atoms with E-state index in [1.165, 1.54) is 19.3 Å². The molecule has 1 aliphatic carbocycles. The Morgan fingerprint density at radius 1 is 1.25 bits per heavy atom. The first-order valence-electron chi connectivity index (χ1n) is 8.15. The van der Waals surface area contributed by atoms with Crippen LogP contribution in [0.4, 0.5) is 0 Å². The van der Waals surface area contributed by atoms with E-state index >= 15 is 0 Å². The van der Waals surface area contributed by atoms with Crippen LogP contribution in [0.15, 0.2) is 0 Å². The Balaban J connectivity index is 1.57. The molecule has 116 valence electrons. The van der Waals surface area contributed by atoms with E-state index in [0.717, 1.165) is 52.1 Å². The highest BCUT2D eigenvalue weighted by atomic mass is 16.2. The smallest absolute Gasteiger partial charge is 0.234 e. The van der Waals surface area contributed by atoms with Crippen LogP contribution >= 0.6 is 0 Å². The van der Waals surface area contributed by atoms with Crippen molar-refractivity contribution >= 4 is 5.91 Å². The average Bonchev–Trinajstić information content (AvgIpc) is 2.47. The fourth-order valence-electron chi connectivity index (χ4n) is 3.09. The summed E-state index contributed by atoms with van der Waals surface area (Å²) in [4.78, 5) is 16.6. The van der Waals surface area contributed by atoms with Crippen molar-refractivity contribution in [1.29, 1.82) is 0 Å². The Bertz CT molecular complexity index is 286.